The first kappa shape index (κ1) is 22.4. The van der Waals surface area contributed by atoms with Gasteiger partial charge in [0, 0.05) is 31.8 Å². The SMILES string of the molecule is CC(C)[C@@]1(C(=O)N2CCc3ccc(C(F)(F)F)cc3N2)CC[C@H](NC2CCOCC2)C1. The minimum absolute atomic E-state index is 0.00170. The molecule has 1 aromatic carbocycles. The number of amides is 1. The van der Waals surface area contributed by atoms with E-state index in [1.165, 1.54) is 6.07 Å². The van der Waals surface area contributed by atoms with Crippen LogP contribution in [0.3, 0.4) is 0 Å². The number of nitrogens with zero attached hydrogens (tertiary/aromatic N) is 1. The van der Waals surface area contributed by atoms with Gasteiger partial charge < -0.3 is 10.1 Å². The number of hydrogen-bond donors (Lipinski definition) is 2. The lowest BCUT2D eigenvalue weighted by molar-refractivity contribution is -0.143. The van der Waals surface area contributed by atoms with Crippen LogP contribution in [0, 0.1) is 11.3 Å². The fourth-order valence-corrected chi connectivity index (χ4v) is 5.31. The van der Waals surface area contributed by atoms with Crippen LogP contribution in [0.25, 0.3) is 0 Å². The van der Waals surface area contributed by atoms with Crippen molar-refractivity contribution in [2.45, 2.75) is 70.6 Å². The molecule has 2 heterocycles. The Labute approximate surface area is 181 Å². The van der Waals surface area contributed by atoms with Crippen molar-refractivity contribution in [3.8, 4) is 0 Å². The largest absolute Gasteiger partial charge is 0.416 e. The van der Waals surface area contributed by atoms with Crippen molar-refractivity contribution in [1.29, 1.82) is 0 Å². The average molecular weight is 440 g/mol. The molecule has 31 heavy (non-hydrogen) atoms. The topological polar surface area (TPSA) is 53.6 Å². The van der Waals surface area contributed by atoms with Gasteiger partial charge in [0.2, 0.25) is 5.91 Å². The molecule has 5 nitrogen and oxygen atoms in total. The number of rotatable bonds is 4. The highest BCUT2D eigenvalue weighted by atomic mass is 19.4. The molecule has 3 aliphatic rings. The Morgan fingerprint density at radius 2 is 1.97 bits per heavy atom. The molecule has 8 heteroatoms. The highest BCUT2D eigenvalue weighted by Gasteiger charge is 2.50. The van der Waals surface area contributed by atoms with E-state index in [1.807, 2.05) is 0 Å². The van der Waals surface area contributed by atoms with E-state index in [9.17, 15) is 18.0 Å². The molecule has 0 aromatic heterocycles. The fraction of sp³-hybridized carbons (Fsp3) is 0.696. The molecule has 1 amide bonds. The number of fused-ring (bicyclic) bond motifs is 1. The average Bonchev–Trinajstić information content (AvgIpc) is 3.17. The van der Waals surface area contributed by atoms with Gasteiger partial charge in [0.15, 0.2) is 0 Å². The van der Waals surface area contributed by atoms with Gasteiger partial charge in [-0.05, 0) is 62.1 Å². The van der Waals surface area contributed by atoms with Gasteiger partial charge in [0.1, 0.15) is 0 Å². The maximum Gasteiger partial charge on any atom is 0.416 e. The molecule has 4 rings (SSSR count). The Kier molecular flexibility index (Phi) is 6.23. The lowest BCUT2D eigenvalue weighted by Gasteiger charge is -2.40. The van der Waals surface area contributed by atoms with Crippen molar-refractivity contribution in [3.63, 3.8) is 0 Å². The van der Waals surface area contributed by atoms with Gasteiger partial charge in [0.25, 0.3) is 0 Å². The monoisotopic (exact) mass is 439 g/mol. The summed E-state index contributed by atoms with van der Waals surface area (Å²) in [5.41, 5.74) is 2.99. The van der Waals surface area contributed by atoms with Crippen molar-refractivity contribution in [2.24, 2.45) is 11.3 Å². The van der Waals surface area contributed by atoms with Crippen LogP contribution in [0.15, 0.2) is 18.2 Å². The molecular formula is C23H32F3N3O2. The van der Waals surface area contributed by atoms with Gasteiger partial charge in [-0.3, -0.25) is 15.2 Å². The molecule has 1 aromatic rings. The maximum atomic E-state index is 13.7. The summed E-state index contributed by atoms with van der Waals surface area (Å²) >= 11 is 0. The Morgan fingerprint density at radius 3 is 2.65 bits per heavy atom. The normalized spacial score (nSPS) is 27.3. The molecule has 2 atom stereocenters. The smallest absolute Gasteiger partial charge is 0.381 e. The summed E-state index contributed by atoms with van der Waals surface area (Å²) in [7, 11) is 0. The molecule has 172 valence electrons. The first-order valence-electron chi connectivity index (χ1n) is 11.3. The zero-order valence-electron chi connectivity index (χ0n) is 18.2. The maximum absolute atomic E-state index is 13.7. The van der Waals surface area contributed by atoms with Gasteiger partial charge in [-0.15, -0.1) is 0 Å². The zero-order valence-corrected chi connectivity index (χ0v) is 18.2. The lowest BCUT2D eigenvalue weighted by atomic mass is 9.74. The van der Waals surface area contributed by atoms with Crippen LogP contribution in [0.4, 0.5) is 18.9 Å². The van der Waals surface area contributed by atoms with Crippen molar-refractivity contribution in [2.75, 3.05) is 25.2 Å². The molecule has 0 radical (unpaired) electrons. The van der Waals surface area contributed by atoms with Crippen molar-refractivity contribution in [3.05, 3.63) is 29.3 Å². The summed E-state index contributed by atoms with van der Waals surface area (Å²) in [5.74, 6) is 0.146. The third-order valence-corrected chi connectivity index (χ3v) is 7.32. The Hall–Kier alpha value is -1.80. The molecule has 0 unspecified atom stereocenters. The summed E-state index contributed by atoms with van der Waals surface area (Å²) in [4.78, 5) is 13.7. The molecule has 1 saturated heterocycles. The zero-order chi connectivity index (χ0) is 22.2. The fourth-order valence-electron chi connectivity index (χ4n) is 5.31. The van der Waals surface area contributed by atoms with E-state index in [1.54, 1.807) is 5.01 Å². The first-order chi connectivity index (χ1) is 14.7. The highest BCUT2D eigenvalue weighted by molar-refractivity contribution is 5.85. The second-order valence-corrected chi connectivity index (χ2v) is 9.49. The summed E-state index contributed by atoms with van der Waals surface area (Å²) < 4.78 is 44.9. The molecule has 1 saturated carbocycles. The number of nitrogens with one attached hydrogen (secondary N) is 2. The molecular weight excluding hydrogens is 407 g/mol. The Bertz CT molecular complexity index is 808. The van der Waals surface area contributed by atoms with Gasteiger partial charge >= 0.3 is 6.18 Å². The first-order valence-corrected chi connectivity index (χ1v) is 11.3. The third-order valence-electron chi connectivity index (χ3n) is 7.32. The number of benzene rings is 1. The number of halogens is 3. The molecule has 1 aliphatic carbocycles. The number of anilines is 1. The van der Waals surface area contributed by atoms with Gasteiger partial charge in [-0.2, -0.15) is 13.2 Å². The van der Waals surface area contributed by atoms with E-state index in [0.717, 1.165) is 63.0 Å². The lowest BCUT2D eigenvalue weighted by Crippen LogP contribution is -2.51. The van der Waals surface area contributed by atoms with Crippen LogP contribution in [0.5, 0.6) is 0 Å². The molecule has 2 N–H and O–H groups in total. The minimum atomic E-state index is -4.41. The van der Waals surface area contributed by atoms with E-state index < -0.39 is 17.2 Å². The summed E-state index contributed by atoms with van der Waals surface area (Å²) in [6.45, 7) is 6.16. The number of hydrazine groups is 1. The minimum Gasteiger partial charge on any atom is -0.381 e. The van der Waals surface area contributed by atoms with E-state index in [4.69, 9.17) is 4.74 Å². The standard InChI is InChI=1S/C23H32F3N3O2/c1-15(2)22(9-5-19(14-22)27-18-7-11-31-12-8-18)21(30)29-10-6-16-3-4-17(23(24,25)26)13-20(16)28-29/h3-4,13,15,18-19,27-28H,5-12,14H2,1-2H3/t19-,22+/m0/s1. The van der Waals surface area contributed by atoms with Crippen molar-refractivity contribution >= 4 is 11.6 Å². The van der Waals surface area contributed by atoms with Crippen LogP contribution in [0.1, 0.15) is 57.1 Å². The molecule has 2 aliphatic heterocycles. The number of carbonyl (C=O) groups is 1. The van der Waals surface area contributed by atoms with E-state index in [0.29, 0.717) is 24.7 Å². The van der Waals surface area contributed by atoms with Crippen LogP contribution in [-0.4, -0.2) is 42.8 Å². The molecule has 0 spiro atoms. The van der Waals surface area contributed by atoms with Crippen molar-refractivity contribution in [1.82, 2.24) is 10.3 Å². The van der Waals surface area contributed by atoms with Gasteiger partial charge in [0.05, 0.1) is 16.7 Å². The Balaban J connectivity index is 1.48. The molecule has 2 fully saturated rings. The number of alkyl halides is 3. The van der Waals surface area contributed by atoms with Gasteiger partial charge in [-0.1, -0.05) is 19.9 Å². The Morgan fingerprint density at radius 1 is 1.23 bits per heavy atom. The summed E-state index contributed by atoms with van der Waals surface area (Å²) in [5, 5.41) is 5.28. The molecule has 0 bridgehead atoms. The van der Waals surface area contributed by atoms with Crippen molar-refractivity contribution < 1.29 is 22.7 Å². The summed E-state index contributed by atoms with van der Waals surface area (Å²) in [6, 6.07) is 4.44. The van der Waals surface area contributed by atoms with Crippen LogP contribution in [-0.2, 0) is 22.1 Å². The second-order valence-electron chi connectivity index (χ2n) is 9.49. The summed E-state index contributed by atoms with van der Waals surface area (Å²) in [6.07, 6.45) is 0.605. The van der Waals surface area contributed by atoms with E-state index in [2.05, 4.69) is 24.6 Å². The predicted molar refractivity (Wildman–Crippen MR) is 112 cm³/mol. The predicted octanol–water partition coefficient (Wildman–Crippen LogP) is 4.38. The van der Waals surface area contributed by atoms with Crippen LogP contribution in [0.2, 0.25) is 0 Å². The third kappa shape index (κ3) is 4.55. The number of hydrogen-bond acceptors (Lipinski definition) is 4. The van der Waals surface area contributed by atoms with Gasteiger partial charge in [-0.25, -0.2) is 0 Å². The van der Waals surface area contributed by atoms with Crippen LogP contribution < -0.4 is 10.7 Å². The van der Waals surface area contributed by atoms with E-state index in [-0.39, 0.29) is 17.9 Å². The second kappa shape index (κ2) is 8.62. The van der Waals surface area contributed by atoms with E-state index >= 15 is 0 Å². The quantitative estimate of drug-likeness (QED) is 0.731. The van der Waals surface area contributed by atoms with Crippen LogP contribution >= 0.6 is 0 Å². The highest BCUT2D eigenvalue weighted by Crippen LogP contribution is 2.46. The number of ether oxygens (including phenoxy) is 1. The number of carbonyl (C=O) groups excluding carboxylic acids is 1.